The number of carbonyl (C=O) groups excluding carboxylic acids is 1. The van der Waals surface area contributed by atoms with Crippen LogP contribution < -0.4 is 5.73 Å². The largest absolute Gasteiger partial charge is 0.397 e. The first-order valence-corrected chi connectivity index (χ1v) is 7.47. The summed E-state index contributed by atoms with van der Waals surface area (Å²) >= 11 is 1.44. The number of amides is 1. The molecule has 0 spiro atoms. The Morgan fingerprint density at radius 1 is 1.45 bits per heavy atom. The second-order valence-corrected chi connectivity index (χ2v) is 6.28. The van der Waals surface area contributed by atoms with Gasteiger partial charge in [0.05, 0.1) is 16.8 Å². The number of hydrogen-bond donors (Lipinski definition) is 1. The van der Waals surface area contributed by atoms with Gasteiger partial charge in [-0.15, -0.1) is 11.3 Å². The van der Waals surface area contributed by atoms with Gasteiger partial charge in [0.15, 0.2) is 0 Å². The number of nitrogen functional groups attached to an aromatic ring is 1. The van der Waals surface area contributed by atoms with Gasteiger partial charge in [-0.2, -0.15) is 5.10 Å². The van der Waals surface area contributed by atoms with Crippen molar-refractivity contribution in [1.82, 2.24) is 14.7 Å². The van der Waals surface area contributed by atoms with Crippen LogP contribution in [-0.4, -0.2) is 33.7 Å². The second kappa shape index (κ2) is 4.63. The smallest absolute Gasteiger partial charge is 0.266 e. The number of nitrogens with two attached hydrogens (primary N) is 1. The van der Waals surface area contributed by atoms with Gasteiger partial charge in [0, 0.05) is 20.1 Å². The van der Waals surface area contributed by atoms with Crippen LogP contribution in [0.5, 0.6) is 0 Å². The minimum atomic E-state index is 0.0341. The van der Waals surface area contributed by atoms with Crippen molar-refractivity contribution in [3.8, 4) is 0 Å². The summed E-state index contributed by atoms with van der Waals surface area (Å²) in [6.07, 6.45) is 3.05. The molecule has 20 heavy (non-hydrogen) atoms. The minimum absolute atomic E-state index is 0.0341. The molecule has 0 saturated carbocycles. The Morgan fingerprint density at radius 3 is 2.80 bits per heavy atom. The lowest BCUT2D eigenvalue weighted by Crippen LogP contribution is -2.34. The lowest BCUT2D eigenvalue weighted by Gasteiger charge is -2.25. The molecule has 5 nitrogen and oxygen atoms in total. The van der Waals surface area contributed by atoms with Crippen LogP contribution in [-0.2, 0) is 7.05 Å². The highest BCUT2D eigenvalue weighted by Gasteiger charge is 2.25. The first-order valence-electron chi connectivity index (χ1n) is 6.65. The number of aromatic nitrogens is 2. The number of thiophene rings is 1. The zero-order valence-electron chi connectivity index (χ0n) is 11.9. The van der Waals surface area contributed by atoms with Gasteiger partial charge in [0.1, 0.15) is 9.71 Å². The summed E-state index contributed by atoms with van der Waals surface area (Å²) in [7, 11) is 1.88. The van der Waals surface area contributed by atoms with Gasteiger partial charge >= 0.3 is 0 Å². The van der Waals surface area contributed by atoms with Gasteiger partial charge in [-0.3, -0.25) is 9.48 Å². The number of fused-ring (bicyclic) bond motifs is 1. The maximum absolute atomic E-state index is 12.6. The summed E-state index contributed by atoms with van der Waals surface area (Å²) in [6, 6.07) is 0. The number of aryl methyl sites for hydroxylation is 2. The van der Waals surface area contributed by atoms with Gasteiger partial charge in [0.2, 0.25) is 0 Å². The molecule has 1 aliphatic rings. The Bertz CT molecular complexity index is 725. The van der Waals surface area contributed by atoms with E-state index in [2.05, 4.69) is 18.1 Å². The van der Waals surface area contributed by atoms with Gasteiger partial charge in [0.25, 0.3) is 5.91 Å². The molecule has 0 bridgehead atoms. The molecule has 3 heterocycles. The van der Waals surface area contributed by atoms with Crippen molar-refractivity contribution >= 4 is 33.1 Å². The molecule has 0 radical (unpaired) electrons. The molecule has 0 saturated heterocycles. The highest BCUT2D eigenvalue weighted by molar-refractivity contribution is 7.21. The lowest BCUT2D eigenvalue weighted by molar-refractivity contribution is 0.0775. The molecule has 0 fully saturated rings. The van der Waals surface area contributed by atoms with Gasteiger partial charge in [-0.05, 0) is 20.3 Å². The number of rotatable bonds is 1. The molecule has 2 aromatic heterocycles. The summed E-state index contributed by atoms with van der Waals surface area (Å²) in [6.45, 7) is 5.47. The fourth-order valence-electron chi connectivity index (χ4n) is 2.59. The van der Waals surface area contributed by atoms with E-state index in [4.69, 9.17) is 5.73 Å². The summed E-state index contributed by atoms with van der Waals surface area (Å²) < 4.78 is 1.79. The molecule has 2 aromatic rings. The lowest BCUT2D eigenvalue weighted by atomic mass is 10.1. The Balaban J connectivity index is 2.00. The van der Waals surface area contributed by atoms with Crippen LogP contribution >= 0.6 is 11.3 Å². The fourth-order valence-corrected chi connectivity index (χ4v) is 3.74. The van der Waals surface area contributed by atoms with E-state index in [1.54, 1.807) is 4.68 Å². The Labute approximate surface area is 121 Å². The van der Waals surface area contributed by atoms with E-state index in [-0.39, 0.29) is 5.91 Å². The first kappa shape index (κ1) is 13.2. The van der Waals surface area contributed by atoms with Crippen molar-refractivity contribution in [2.45, 2.75) is 20.3 Å². The predicted octanol–water partition coefficient (Wildman–Crippen LogP) is 2.32. The van der Waals surface area contributed by atoms with Gasteiger partial charge < -0.3 is 10.6 Å². The van der Waals surface area contributed by atoms with Crippen molar-refractivity contribution in [3.63, 3.8) is 0 Å². The summed E-state index contributed by atoms with van der Waals surface area (Å²) in [4.78, 5) is 16.1. The zero-order valence-corrected chi connectivity index (χ0v) is 12.8. The topological polar surface area (TPSA) is 64.2 Å². The predicted molar refractivity (Wildman–Crippen MR) is 82.0 cm³/mol. The van der Waals surface area contributed by atoms with Crippen LogP contribution in [0.3, 0.4) is 0 Å². The van der Waals surface area contributed by atoms with E-state index < -0.39 is 0 Å². The van der Waals surface area contributed by atoms with E-state index in [0.717, 1.165) is 28.9 Å². The molecule has 6 heteroatoms. The second-order valence-electron chi connectivity index (χ2n) is 5.29. The van der Waals surface area contributed by atoms with Crippen LogP contribution in [0.15, 0.2) is 11.6 Å². The number of nitrogens with zero attached hydrogens (tertiary/aromatic N) is 3. The molecule has 2 N–H and O–H groups in total. The van der Waals surface area contributed by atoms with Crippen LogP contribution in [0, 0.1) is 6.92 Å². The quantitative estimate of drug-likeness (QED) is 0.820. The molecule has 0 aromatic carbocycles. The molecular formula is C14H18N4OS. The third-order valence-electron chi connectivity index (χ3n) is 3.80. The van der Waals surface area contributed by atoms with E-state index >= 15 is 0 Å². The van der Waals surface area contributed by atoms with Crippen LogP contribution in [0.2, 0.25) is 0 Å². The zero-order chi connectivity index (χ0) is 14.4. The highest BCUT2D eigenvalue weighted by Crippen LogP contribution is 2.36. The molecule has 0 unspecified atom stereocenters. The van der Waals surface area contributed by atoms with Crippen molar-refractivity contribution in [3.05, 3.63) is 22.2 Å². The SMILES string of the molecule is CC1=CCN(C(=O)c2sc3c(c(C)nn3C)c2N)CC1. The molecule has 0 aliphatic carbocycles. The Morgan fingerprint density at radius 2 is 2.20 bits per heavy atom. The average Bonchev–Trinajstić information content (AvgIpc) is 2.89. The molecule has 106 valence electrons. The van der Waals surface area contributed by atoms with Crippen molar-refractivity contribution < 1.29 is 4.79 Å². The normalized spacial score (nSPS) is 15.8. The first-order chi connectivity index (χ1) is 9.49. The van der Waals surface area contributed by atoms with E-state index in [9.17, 15) is 4.79 Å². The van der Waals surface area contributed by atoms with Crippen molar-refractivity contribution in [2.24, 2.45) is 7.05 Å². The molecule has 1 amide bonds. The van der Waals surface area contributed by atoms with Crippen molar-refractivity contribution in [1.29, 1.82) is 0 Å². The van der Waals surface area contributed by atoms with E-state index in [1.807, 2.05) is 18.9 Å². The maximum atomic E-state index is 12.6. The van der Waals surface area contributed by atoms with Crippen LogP contribution in [0.1, 0.15) is 28.7 Å². The summed E-state index contributed by atoms with van der Waals surface area (Å²) in [5.74, 6) is 0.0341. The number of hydrogen-bond acceptors (Lipinski definition) is 4. The third-order valence-corrected chi connectivity index (χ3v) is 5.06. The maximum Gasteiger partial charge on any atom is 0.266 e. The Kier molecular flexibility index (Phi) is 3.05. The van der Waals surface area contributed by atoms with E-state index in [0.29, 0.717) is 17.1 Å². The molecule has 0 atom stereocenters. The third kappa shape index (κ3) is 1.91. The standard InChI is InChI=1S/C14H18N4OS/c1-8-4-6-18(7-5-8)13(19)12-11(15)10-9(2)16-17(3)14(10)20-12/h4H,5-7,15H2,1-3H3. The van der Waals surface area contributed by atoms with Crippen LogP contribution in [0.25, 0.3) is 10.2 Å². The average molecular weight is 290 g/mol. The Hall–Kier alpha value is -1.82. The fraction of sp³-hybridized carbons (Fsp3) is 0.429. The van der Waals surface area contributed by atoms with Crippen LogP contribution in [0.4, 0.5) is 5.69 Å². The summed E-state index contributed by atoms with van der Waals surface area (Å²) in [5, 5.41) is 5.27. The van der Waals surface area contributed by atoms with Gasteiger partial charge in [-0.1, -0.05) is 11.6 Å². The van der Waals surface area contributed by atoms with E-state index in [1.165, 1.54) is 16.9 Å². The molecule has 3 rings (SSSR count). The highest BCUT2D eigenvalue weighted by atomic mass is 32.1. The molecular weight excluding hydrogens is 272 g/mol. The molecule has 1 aliphatic heterocycles. The van der Waals surface area contributed by atoms with Gasteiger partial charge in [-0.25, -0.2) is 0 Å². The summed E-state index contributed by atoms with van der Waals surface area (Å²) in [5.41, 5.74) is 8.98. The number of anilines is 1. The minimum Gasteiger partial charge on any atom is -0.397 e. The number of carbonyl (C=O) groups is 1. The monoisotopic (exact) mass is 290 g/mol. The van der Waals surface area contributed by atoms with Crippen molar-refractivity contribution in [2.75, 3.05) is 18.8 Å².